The van der Waals surface area contributed by atoms with Gasteiger partial charge in [-0.3, -0.25) is 0 Å². The van der Waals surface area contributed by atoms with Crippen LogP contribution in [0.3, 0.4) is 0 Å². The molecule has 0 radical (unpaired) electrons. The average Bonchev–Trinajstić information content (AvgIpc) is 2.63. The predicted molar refractivity (Wildman–Crippen MR) is 59.4 cm³/mol. The fourth-order valence-corrected chi connectivity index (χ4v) is 1.88. The molecule has 0 aliphatic heterocycles. The van der Waals surface area contributed by atoms with Gasteiger partial charge in [-0.15, -0.1) is 0 Å². The van der Waals surface area contributed by atoms with Gasteiger partial charge in [0.25, 0.3) is 0 Å². The van der Waals surface area contributed by atoms with Gasteiger partial charge in [0, 0.05) is 11.5 Å². The molecule has 0 bridgehead atoms. The van der Waals surface area contributed by atoms with Crippen molar-refractivity contribution < 1.29 is 23.1 Å². The maximum atomic E-state index is 12.2. The Morgan fingerprint density at radius 3 is 2.50 bits per heavy atom. The smallest absolute Gasteiger partial charge is 0.452 e. The minimum absolute atomic E-state index is 0.0913. The summed E-state index contributed by atoms with van der Waals surface area (Å²) in [6.07, 6.45) is -4.33. The van der Waals surface area contributed by atoms with E-state index in [4.69, 9.17) is 5.11 Å². The monoisotopic (exact) mass is 283 g/mol. The maximum absolute atomic E-state index is 12.2. The molecule has 0 unspecified atom stereocenters. The van der Waals surface area contributed by atoms with Gasteiger partial charge in [0.05, 0.1) is 0 Å². The largest absolute Gasteiger partial charge is 0.480 e. The normalized spacial score (nSPS) is 13.7. The fraction of sp³-hybridized carbons (Fsp3) is 0.667. The van der Waals surface area contributed by atoms with E-state index in [9.17, 15) is 18.0 Å². The van der Waals surface area contributed by atoms with Crippen LogP contribution in [0, 0.1) is 5.92 Å². The van der Waals surface area contributed by atoms with E-state index in [1.54, 1.807) is 0 Å². The van der Waals surface area contributed by atoms with Crippen molar-refractivity contribution in [2.24, 2.45) is 5.92 Å². The number of aromatic nitrogens is 2. The molecule has 1 aromatic heterocycles. The number of hydrogen-bond acceptors (Lipinski definition) is 5. The molecule has 0 fully saturated rings. The first-order valence-electron chi connectivity index (χ1n) is 5.10. The molecule has 1 rings (SSSR count). The number of halogens is 3. The summed E-state index contributed by atoms with van der Waals surface area (Å²) >= 11 is 0.494. The van der Waals surface area contributed by atoms with Crippen LogP contribution in [0.5, 0.6) is 0 Å². The molecule has 0 aliphatic rings. The van der Waals surface area contributed by atoms with Crippen LogP contribution in [0.1, 0.15) is 26.1 Å². The minimum atomic E-state index is -4.62. The minimum Gasteiger partial charge on any atom is -0.480 e. The Balaban J connectivity index is 2.76. The molecule has 0 aromatic carbocycles. The summed E-state index contributed by atoms with van der Waals surface area (Å²) in [5, 5.41) is 11.2. The Labute approximate surface area is 105 Å². The van der Waals surface area contributed by atoms with Crippen LogP contribution in [-0.2, 0) is 11.0 Å². The Hall–Kier alpha value is -1.38. The van der Waals surface area contributed by atoms with Crippen LogP contribution in [-0.4, -0.2) is 26.5 Å². The van der Waals surface area contributed by atoms with Crippen molar-refractivity contribution in [2.75, 3.05) is 5.32 Å². The van der Waals surface area contributed by atoms with Gasteiger partial charge in [-0.25, -0.2) is 4.79 Å². The van der Waals surface area contributed by atoms with Crippen molar-refractivity contribution in [3.05, 3.63) is 5.82 Å². The number of anilines is 1. The lowest BCUT2D eigenvalue weighted by Gasteiger charge is -2.15. The summed E-state index contributed by atoms with van der Waals surface area (Å²) in [6, 6.07) is -0.973. The second kappa shape index (κ2) is 5.51. The second-order valence-corrected chi connectivity index (χ2v) is 4.84. The quantitative estimate of drug-likeness (QED) is 0.868. The number of carboxylic acid groups (broad SMARTS) is 1. The topological polar surface area (TPSA) is 75.1 Å². The average molecular weight is 283 g/mol. The van der Waals surface area contributed by atoms with Crippen LogP contribution in [0.15, 0.2) is 0 Å². The van der Waals surface area contributed by atoms with Crippen LogP contribution >= 0.6 is 11.5 Å². The number of carboxylic acids is 1. The molecule has 2 N–H and O–H groups in total. The highest BCUT2D eigenvalue weighted by atomic mass is 32.1. The zero-order valence-corrected chi connectivity index (χ0v) is 10.5. The molecule has 9 heteroatoms. The zero-order chi connectivity index (χ0) is 13.9. The van der Waals surface area contributed by atoms with Crippen molar-refractivity contribution in [1.29, 1.82) is 0 Å². The van der Waals surface area contributed by atoms with E-state index in [1.165, 1.54) is 0 Å². The molecule has 0 aliphatic carbocycles. The van der Waals surface area contributed by atoms with E-state index in [0.717, 1.165) is 0 Å². The molecule has 0 saturated heterocycles. The summed E-state index contributed by atoms with van der Waals surface area (Å²) in [7, 11) is 0. The second-order valence-electron chi connectivity index (χ2n) is 4.09. The molecule has 0 spiro atoms. The number of alkyl halides is 3. The van der Waals surface area contributed by atoms with Crippen molar-refractivity contribution in [3.8, 4) is 0 Å². The maximum Gasteiger partial charge on any atom is 0.452 e. The predicted octanol–water partition coefficient (Wildman–Crippen LogP) is 2.47. The van der Waals surface area contributed by atoms with Crippen molar-refractivity contribution in [3.63, 3.8) is 0 Å². The molecule has 18 heavy (non-hydrogen) atoms. The number of hydrogen-bond donors (Lipinski definition) is 2. The zero-order valence-electron chi connectivity index (χ0n) is 9.65. The van der Waals surface area contributed by atoms with Crippen LogP contribution < -0.4 is 5.32 Å². The Morgan fingerprint density at radius 1 is 1.50 bits per heavy atom. The molecule has 102 valence electrons. The van der Waals surface area contributed by atoms with Crippen LogP contribution in [0.4, 0.5) is 18.3 Å². The molecular formula is C9H12F3N3O2S. The van der Waals surface area contributed by atoms with E-state index in [-0.39, 0.29) is 17.5 Å². The summed E-state index contributed by atoms with van der Waals surface area (Å²) in [6.45, 7) is 3.64. The SMILES string of the molecule is CC(C)C[C@H](Nc1nc(C(F)(F)F)ns1)C(=O)O. The summed E-state index contributed by atoms with van der Waals surface area (Å²) < 4.78 is 39.9. The lowest BCUT2D eigenvalue weighted by molar-refractivity contribution is -0.144. The third-order valence-electron chi connectivity index (χ3n) is 1.98. The van der Waals surface area contributed by atoms with Gasteiger partial charge in [-0.05, 0) is 12.3 Å². The number of rotatable bonds is 5. The Kier molecular flexibility index (Phi) is 4.49. The molecule has 0 saturated carbocycles. The summed E-state index contributed by atoms with van der Waals surface area (Å²) in [5.41, 5.74) is 0. The lowest BCUT2D eigenvalue weighted by Crippen LogP contribution is -2.30. The molecule has 1 atom stereocenters. The van der Waals surface area contributed by atoms with Crippen molar-refractivity contribution in [2.45, 2.75) is 32.5 Å². The van der Waals surface area contributed by atoms with Gasteiger partial charge in [-0.1, -0.05) is 13.8 Å². The van der Waals surface area contributed by atoms with Gasteiger partial charge in [0.2, 0.25) is 11.0 Å². The van der Waals surface area contributed by atoms with Gasteiger partial charge in [0.15, 0.2) is 0 Å². The highest BCUT2D eigenvalue weighted by Gasteiger charge is 2.36. The first-order valence-corrected chi connectivity index (χ1v) is 5.87. The summed E-state index contributed by atoms with van der Waals surface area (Å²) in [4.78, 5) is 14.1. The highest BCUT2D eigenvalue weighted by Crippen LogP contribution is 2.29. The van der Waals surface area contributed by atoms with Crippen molar-refractivity contribution in [1.82, 2.24) is 9.36 Å². The van der Waals surface area contributed by atoms with Crippen LogP contribution in [0.25, 0.3) is 0 Å². The van der Waals surface area contributed by atoms with Crippen molar-refractivity contribution >= 4 is 22.6 Å². The first kappa shape index (κ1) is 14.7. The lowest BCUT2D eigenvalue weighted by atomic mass is 10.0. The van der Waals surface area contributed by atoms with E-state index < -0.39 is 24.0 Å². The standard InChI is InChI=1S/C9H12F3N3O2S/c1-4(2)3-5(6(16)17)13-8-14-7(15-18-8)9(10,11)12/h4-5H,3H2,1-2H3,(H,16,17)(H,13,14,15)/t5-/m0/s1. The van der Waals surface area contributed by atoms with Crippen LogP contribution in [0.2, 0.25) is 0 Å². The number of carbonyl (C=O) groups is 1. The van der Waals surface area contributed by atoms with E-state index >= 15 is 0 Å². The third-order valence-corrected chi connectivity index (χ3v) is 2.63. The van der Waals surface area contributed by atoms with Gasteiger partial charge >= 0.3 is 12.1 Å². The number of nitrogens with zero attached hydrogens (tertiary/aromatic N) is 2. The Morgan fingerprint density at radius 2 is 2.11 bits per heavy atom. The highest BCUT2D eigenvalue weighted by molar-refractivity contribution is 7.09. The van der Waals surface area contributed by atoms with Gasteiger partial charge < -0.3 is 10.4 Å². The molecule has 0 amide bonds. The molecule has 1 aromatic rings. The Bertz CT molecular complexity index is 419. The van der Waals surface area contributed by atoms with Gasteiger partial charge in [-0.2, -0.15) is 22.5 Å². The van der Waals surface area contributed by atoms with E-state index in [2.05, 4.69) is 14.7 Å². The first-order chi connectivity index (χ1) is 8.20. The van der Waals surface area contributed by atoms with E-state index in [0.29, 0.717) is 11.5 Å². The molecule has 5 nitrogen and oxygen atoms in total. The number of nitrogens with one attached hydrogen (secondary N) is 1. The molecular weight excluding hydrogens is 271 g/mol. The van der Waals surface area contributed by atoms with E-state index in [1.807, 2.05) is 13.8 Å². The molecule has 1 heterocycles. The van der Waals surface area contributed by atoms with Gasteiger partial charge in [0.1, 0.15) is 6.04 Å². The summed E-state index contributed by atoms with van der Waals surface area (Å²) in [5.74, 6) is -2.30. The third kappa shape index (κ3) is 4.13. The number of aliphatic carboxylic acids is 1. The fourth-order valence-electron chi connectivity index (χ4n) is 1.24.